The smallest absolute Gasteiger partial charge is 0.416 e. The molecule has 40 heavy (non-hydrogen) atoms. The average molecular weight is 574 g/mol. The zero-order chi connectivity index (χ0) is 30.1. The Balaban J connectivity index is 0.000000294. The van der Waals surface area contributed by atoms with Crippen LogP contribution >= 0.6 is 0 Å². The van der Waals surface area contributed by atoms with Gasteiger partial charge in [0.1, 0.15) is 17.9 Å². The summed E-state index contributed by atoms with van der Waals surface area (Å²) in [5.74, 6) is -0.664. The van der Waals surface area contributed by atoms with Crippen molar-refractivity contribution >= 4 is 5.97 Å². The van der Waals surface area contributed by atoms with E-state index < -0.39 is 29.4 Å². The van der Waals surface area contributed by atoms with E-state index >= 15 is 0 Å². The Morgan fingerprint density at radius 3 is 2.12 bits per heavy atom. The Morgan fingerprint density at radius 2 is 1.62 bits per heavy atom. The highest BCUT2D eigenvalue weighted by Crippen LogP contribution is 2.36. The highest BCUT2D eigenvalue weighted by atomic mass is 19.4. The van der Waals surface area contributed by atoms with Crippen molar-refractivity contribution in [1.29, 1.82) is 0 Å². The van der Waals surface area contributed by atoms with E-state index in [0.29, 0.717) is 31.0 Å². The van der Waals surface area contributed by atoms with Crippen LogP contribution in [0.25, 0.3) is 5.32 Å². The molecule has 1 heterocycles. The molecule has 0 saturated carbocycles. The summed E-state index contributed by atoms with van der Waals surface area (Å²) in [6.45, 7) is 2.76. The monoisotopic (exact) mass is 573 g/mol. The SMILES string of the molecule is C[N-]Cc1cc(C(F)(F)F)cc(C(F)(F)F)c1.Cc1ccccc1Oc1nc(OCCN(C)C)ncc1C(=O)O. The Kier molecular flexibility index (Phi) is 11.3. The van der Waals surface area contributed by atoms with Crippen LogP contribution < -0.4 is 9.47 Å². The lowest BCUT2D eigenvalue weighted by Gasteiger charge is -2.17. The minimum absolute atomic E-state index is 0.0401. The number of hydrogen-bond donors (Lipinski definition) is 1. The normalized spacial score (nSPS) is 11.6. The summed E-state index contributed by atoms with van der Waals surface area (Å²) in [5, 5.41) is 12.8. The molecule has 3 aromatic rings. The van der Waals surface area contributed by atoms with E-state index in [4.69, 9.17) is 9.47 Å². The molecule has 0 bridgehead atoms. The van der Waals surface area contributed by atoms with E-state index in [9.17, 15) is 36.2 Å². The van der Waals surface area contributed by atoms with Crippen molar-refractivity contribution < 1.29 is 45.7 Å². The van der Waals surface area contributed by atoms with Crippen molar-refractivity contribution in [1.82, 2.24) is 14.9 Å². The van der Waals surface area contributed by atoms with E-state index in [0.717, 1.165) is 5.56 Å². The summed E-state index contributed by atoms with van der Waals surface area (Å²) in [6.07, 6.45) is -8.42. The second-order valence-corrected chi connectivity index (χ2v) is 8.58. The third-order valence-electron chi connectivity index (χ3n) is 5.02. The van der Waals surface area contributed by atoms with E-state index in [2.05, 4.69) is 15.3 Å². The van der Waals surface area contributed by atoms with Crippen molar-refractivity contribution in [2.24, 2.45) is 0 Å². The van der Waals surface area contributed by atoms with Crippen LogP contribution in [0.15, 0.2) is 48.7 Å². The topological polar surface area (TPSA) is 98.9 Å². The lowest BCUT2D eigenvalue weighted by atomic mass is 10.0. The van der Waals surface area contributed by atoms with E-state index in [1.165, 1.54) is 13.2 Å². The van der Waals surface area contributed by atoms with Crippen LogP contribution in [0.4, 0.5) is 26.3 Å². The van der Waals surface area contributed by atoms with Gasteiger partial charge in [-0.1, -0.05) is 23.8 Å². The Labute approximate surface area is 226 Å². The summed E-state index contributed by atoms with van der Waals surface area (Å²) in [4.78, 5) is 21.2. The molecule has 0 fully saturated rings. The molecule has 8 nitrogen and oxygen atoms in total. The number of benzene rings is 2. The molecule has 0 amide bonds. The molecule has 0 aliphatic heterocycles. The van der Waals surface area contributed by atoms with Crippen molar-refractivity contribution in [2.45, 2.75) is 25.8 Å². The van der Waals surface area contributed by atoms with Crippen molar-refractivity contribution in [3.05, 3.63) is 81.8 Å². The molecule has 2 aromatic carbocycles. The minimum atomic E-state index is -4.80. The number of aromatic nitrogens is 2. The predicted molar refractivity (Wildman–Crippen MR) is 134 cm³/mol. The number of likely N-dealkylation sites (N-methyl/N-ethyl adjacent to an activating group) is 1. The van der Waals surface area contributed by atoms with Gasteiger partial charge < -0.3 is 24.8 Å². The molecule has 0 unspecified atom stereocenters. The fourth-order valence-electron chi connectivity index (χ4n) is 3.03. The molecule has 0 spiro atoms. The maximum absolute atomic E-state index is 12.4. The highest BCUT2D eigenvalue weighted by molar-refractivity contribution is 5.89. The van der Waals surface area contributed by atoms with Gasteiger partial charge in [-0.05, 0) is 50.8 Å². The van der Waals surface area contributed by atoms with Crippen LogP contribution in [0.5, 0.6) is 17.6 Å². The molecule has 14 heteroatoms. The first kappa shape index (κ1) is 32.3. The fraction of sp³-hybridized carbons (Fsp3) is 0.346. The second kappa shape index (κ2) is 13.9. The van der Waals surface area contributed by atoms with Gasteiger partial charge in [-0.15, -0.1) is 6.54 Å². The van der Waals surface area contributed by atoms with E-state index in [-0.39, 0.29) is 35.6 Å². The van der Waals surface area contributed by atoms with Crippen LogP contribution in [0.1, 0.15) is 32.6 Å². The molecular weight excluding hydrogens is 546 g/mol. The molecule has 0 aliphatic rings. The standard InChI is InChI=1S/C16H19N3O4.C10H8F6N/c1-11-6-4-5-7-13(11)23-14-12(15(20)21)10-17-16(18-14)22-9-8-19(2)3;1-17-5-6-2-7(9(11,12)13)4-8(3-6)10(14,15)16/h4-7,10H,8-9H2,1-3H3,(H,20,21);2-4H,5H2,1H3/q;-1. The van der Waals surface area contributed by atoms with Gasteiger partial charge in [0, 0.05) is 6.54 Å². The number of nitrogens with zero attached hydrogens (tertiary/aromatic N) is 4. The number of carboxylic acids is 1. The molecule has 0 aliphatic carbocycles. The van der Waals surface area contributed by atoms with Crippen LogP contribution in [-0.4, -0.2) is 60.2 Å². The van der Waals surface area contributed by atoms with Gasteiger partial charge >= 0.3 is 24.3 Å². The van der Waals surface area contributed by atoms with Gasteiger partial charge in [0.2, 0.25) is 5.88 Å². The number of carboxylic acid groups (broad SMARTS) is 1. The quantitative estimate of drug-likeness (QED) is 0.294. The number of carbonyl (C=O) groups is 1. The summed E-state index contributed by atoms with van der Waals surface area (Å²) in [5.41, 5.74) is -1.99. The van der Waals surface area contributed by atoms with Gasteiger partial charge in [0.05, 0.1) is 17.3 Å². The largest absolute Gasteiger partial charge is 0.661 e. The number of para-hydroxylation sites is 1. The lowest BCUT2D eigenvalue weighted by molar-refractivity contribution is -0.143. The number of aromatic carboxylic acids is 1. The Bertz CT molecular complexity index is 1250. The van der Waals surface area contributed by atoms with Gasteiger partial charge in [-0.25, -0.2) is 9.78 Å². The van der Waals surface area contributed by atoms with Crippen molar-refractivity contribution in [3.8, 4) is 17.6 Å². The zero-order valence-corrected chi connectivity index (χ0v) is 22.0. The molecule has 0 radical (unpaired) electrons. The summed E-state index contributed by atoms with van der Waals surface area (Å²) < 4.78 is 85.3. The summed E-state index contributed by atoms with van der Waals surface area (Å²) in [7, 11) is 5.16. The van der Waals surface area contributed by atoms with Crippen molar-refractivity contribution in [3.63, 3.8) is 0 Å². The first-order valence-corrected chi connectivity index (χ1v) is 11.6. The first-order chi connectivity index (χ1) is 18.6. The van der Waals surface area contributed by atoms with E-state index in [1.807, 2.05) is 38.1 Å². The van der Waals surface area contributed by atoms with Crippen LogP contribution in [0.2, 0.25) is 0 Å². The van der Waals surface area contributed by atoms with Gasteiger partial charge in [-0.3, -0.25) is 0 Å². The number of rotatable bonds is 9. The molecule has 1 aromatic heterocycles. The van der Waals surface area contributed by atoms with Crippen LogP contribution in [-0.2, 0) is 18.9 Å². The zero-order valence-electron chi connectivity index (χ0n) is 22.0. The number of ether oxygens (including phenoxy) is 2. The number of halogens is 6. The number of aryl methyl sites for hydroxylation is 1. The maximum atomic E-state index is 12.4. The van der Waals surface area contributed by atoms with E-state index in [1.54, 1.807) is 12.1 Å². The average Bonchev–Trinajstić information content (AvgIpc) is 2.84. The van der Waals surface area contributed by atoms with Gasteiger partial charge in [0.25, 0.3) is 0 Å². The third-order valence-corrected chi connectivity index (χ3v) is 5.02. The molecule has 0 saturated heterocycles. The Hall–Kier alpha value is -3.91. The van der Waals surface area contributed by atoms with Crippen LogP contribution in [0, 0.1) is 6.92 Å². The molecule has 1 N–H and O–H groups in total. The maximum Gasteiger partial charge on any atom is 0.416 e. The molecule has 3 rings (SSSR count). The summed E-state index contributed by atoms with van der Waals surface area (Å²) >= 11 is 0. The fourth-order valence-corrected chi connectivity index (χ4v) is 3.03. The van der Waals surface area contributed by atoms with Crippen LogP contribution in [0.3, 0.4) is 0 Å². The molecular formula is C26H27F6N4O4-. The lowest BCUT2D eigenvalue weighted by Crippen LogP contribution is -2.20. The number of alkyl halides is 6. The molecule has 0 atom stereocenters. The third kappa shape index (κ3) is 10.0. The Morgan fingerprint density at radius 1 is 1.02 bits per heavy atom. The minimum Gasteiger partial charge on any atom is -0.661 e. The predicted octanol–water partition coefficient (Wildman–Crippen LogP) is 6.44. The number of hydrogen-bond acceptors (Lipinski definition) is 6. The van der Waals surface area contributed by atoms with Gasteiger partial charge in [0.15, 0.2) is 0 Å². The summed E-state index contributed by atoms with van der Waals surface area (Å²) in [6, 6.07) is 8.81. The van der Waals surface area contributed by atoms with Gasteiger partial charge in [-0.2, -0.15) is 38.4 Å². The first-order valence-electron chi connectivity index (χ1n) is 11.6. The highest BCUT2D eigenvalue weighted by Gasteiger charge is 2.36. The van der Waals surface area contributed by atoms with Crippen molar-refractivity contribution in [2.75, 3.05) is 34.3 Å². The molecule has 218 valence electrons. The second-order valence-electron chi connectivity index (χ2n) is 8.58.